The summed E-state index contributed by atoms with van der Waals surface area (Å²) in [5, 5.41) is 3.08. The Morgan fingerprint density at radius 1 is 1.32 bits per heavy atom. The molecule has 6 heteroatoms. The fourth-order valence-electron chi connectivity index (χ4n) is 3.86. The van der Waals surface area contributed by atoms with Gasteiger partial charge in [-0.2, -0.15) is 0 Å². The number of carbonyl (C=O) groups excluding carboxylic acids is 1. The van der Waals surface area contributed by atoms with E-state index in [2.05, 4.69) is 41.2 Å². The Hall–Kier alpha value is -2.44. The lowest BCUT2D eigenvalue weighted by atomic mass is 10.1. The van der Waals surface area contributed by atoms with Gasteiger partial charge < -0.3 is 9.47 Å². The molecule has 3 heterocycles. The van der Waals surface area contributed by atoms with Crippen LogP contribution in [0.25, 0.3) is 11.3 Å². The van der Waals surface area contributed by atoms with Crippen LogP contribution >= 0.6 is 11.3 Å². The minimum Gasteiger partial charge on any atom is -0.346 e. The zero-order valence-corrected chi connectivity index (χ0v) is 17.4. The van der Waals surface area contributed by atoms with Crippen LogP contribution < -0.4 is 0 Å². The molecule has 1 atom stereocenters. The number of aromatic nitrogens is 2. The SMILES string of the molecule is Cc1nc(-c2cc(C(=O)N3CCC(N(C)Cc4ccccc4)C3)n(C)c2)cs1. The topological polar surface area (TPSA) is 41.4 Å². The molecule has 0 radical (unpaired) electrons. The molecule has 5 nitrogen and oxygen atoms in total. The van der Waals surface area contributed by atoms with Gasteiger partial charge >= 0.3 is 0 Å². The largest absolute Gasteiger partial charge is 0.346 e. The van der Waals surface area contributed by atoms with E-state index in [4.69, 9.17) is 0 Å². The van der Waals surface area contributed by atoms with Crippen LogP contribution in [0.2, 0.25) is 0 Å². The summed E-state index contributed by atoms with van der Waals surface area (Å²) < 4.78 is 1.92. The van der Waals surface area contributed by atoms with Crippen LogP contribution in [0.15, 0.2) is 48.0 Å². The van der Waals surface area contributed by atoms with Gasteiger partial charge in [-0.25, -0.2) is 4.98 Å². The number of thiazole rings is 1. The molecule has 3 aromatic rings. The highest BCUT2D eigenvalue weighted by Crippen LogP contribution is 2.25. The third kappa shape index (κ3) is 3.88. The van der Waals surface area contributed by atoms with Crippen LogP contribution in [0.3, 0.4) is 0 Å². The van der Waals surface area contributed by atoms with Gasteiger partial charge in [-0.05, 0) is 32.0 Å². The molecule has 4 rings (SSSR count). The minimum absolute atomic E-state index is 0.108. The van der Waals surface area contributed by atoms with Gasteiger partial charge in [0.25, 0.3) is 5.91 Å². The standard InChI is InChI=1S/C22H26N4OS/c1-16-23-20(15-28-16)18-11-21(25(3)13-18)22(27)26-10-9-19(14-26)24(2)12-17-7-5-4-6-8-17/h4-8,11,13,15,19H,9-10,12,14H2,1-3H3. The van der Waals surface area contributed by atoms with Gasteiger partial charge in [-0.15, -0.1) is 11.3 Å². The fraction of sp³-hybridized carbons (Fsp3) is 0.364. The molecule has 1 aliphatic heterocycles. The molecule has 0 saturated carbocycles. The number of likely N-dealkylation sites (N-methyl/N-ethyl adjacent to an activating group) is 1. The van der Waals surface area contributed by atoms with Crippen molar-refractivity contribution >= 4 is 17.2 Å². The molecule has 0 spiro atoms. The first kappa shape index (κ1) is 18.9. The highest BCUT2D eigenvalue weighted by molar-refractivity contribution is 7.09. The first-order valence-corrected chi connectivity index (χ1v) is 10.5. The maximum absolute atomic E-state index is 13.1. The van der Waals surface area contributed by atoms with Gasteiger partial charge in [0.05, 0.1) is 10.7 Å². The second-order valence-electron chi connectivity index (χ2n) is 7.57. The number of carbonyl (C=O) groups is 1. The minimum atomic E-state index is 0.108. The average Bonchev–Trinajstić information content (AvgIpc) is 3.41. The Morgan fingerprint density at radius 2 is 2.11 bits per heavy atom. The predicted octanol–water partition coefficient (Wildman–Crippen LogP) is 3.80. The van der Waals surface area contributed by atoms with Gasteiger partial charge in [0.1, 0.15) is 5.69 Å². The van der Waals surface area contributed by atoms with E-state index in [0.717, 1.165) is 48.0 Å². The number of likely N-dealkylation sites (tertiary alicyclic amines) is 1. The Labute approximate surface area is 170 Å². The van der Waals surface area contributed by atoms with Crippen LogP contribution in [-0.4, -0.2) is 51.4 Å². The Balaban J connectivity index is 1.43. The average molecular weight is 395 g/mol. The third-order valence-electron chi connectivity index (χ3n) is 5.49. The Kier molecular flexibility index (Phi) is 5.33. The van der Waals surface area contributed by atoms with Crippen molar-refractivity contribution < 1.29 is 4.79 Å². The van der Waals surface area contributed by atoms with Crippen LogP contribution in [0.1, 0.15) is 27.5 Å². The van der Waals surface area contributed by atoms with E-state index in [1.165, 1.54) is 5.56 Å². The highest BCUT2D eigenvalue weighted by atomic mass is 32.1. The van der Waals surface area contributed by atoms with Crippen LogP contribution in [0.5, 0.6) is 0 Å². The second-order valence-corrected chi connectivity index (χ2v) is 8.63. The summed E-state index contributed by atoms with van der Waals surface area (Å²) in [5.74, 6) is 0.108. The monoisotopic (exact) mass is 394 g/mol. The van der Waals surface area contributed by atoms with Gasteiger partial charge in [0, 0.05) is 49.9 Å². The summed E-state index contributed by atoms with van der Waals surface area (Å²) in [6.45, 7) is 4.49. The lowest BCUT2D eigenvalue weighted by Gasteiger charge is -2.24. The summed E-state index contributed by atoms with van der Waals surface area (Å²) in [6, 6.07) is 12.9. The molecule has 0 bridgehead atoms. The quantitative estimate of drug-likeness (QED) is 0.661. The van der Waals surface area contributed by atoms with Gasteiger partial charge in [0.2, 0.25) is 0 Å². The molecule has 0 aliphatic carbocycles. The number of hydrogen-bond donors (Lipinski definition) is 0. The number of rotatable bonds is 5. The third-order valence-corrected chi connectivity index (χ3v) is 6.26. The zero-order chi connectivity index (χ0) is 19.7. The lowest BCUT2D eigenvalue weighted by molar-refractivity contribution is 0.0770. The summed E-state index contributed by atoms with van der Waals surface area (Å²) in [5.41, 5.74) is 3.98. The molecule has 1 aliphatic rings. The van der Waals surface area contributed by atoms with Crippen molar-refractivity contribution in [1.29, 1.82) is 0 Å². The summed E-state index contributed by atoms with van der Waals surface area (Å²) in [7, 11) is 4.09. The number of hydrogen-bond acceptors (Lipinski definition) is 4. The summed E-state index contributed by atoms with van der Waals surface area (Å²) >= 11 is 1.63. The number of amides is 1. The maximum atomic E-state index is 13.1. The molecular weight excluding hydrogens is 368 g/mol. The molecule has 2 aromatic heterocycles. The normalized spacial score (nSPS) is 16.9. The van der Waals surface area contributed by atoms with Gasteiger partial charge in [-0.1, -0.05) is 30.3 Å². The van der Waals surface area contributed by atoms with Crippen LogP contribution in [0.4, 0.5) is 0 Å². The summed E-state index contributed by atoms with van der Waals surface area (Å²) in [4.78, 5) is 22.0. The first-order chi connectivity index (χ1) is 13.5. The number of benzene rings is 1. The van der Waals surface area contributed by atoms with E-state index >= 15 is 0 Å². The molecule has 0 N–H and O–H groups in total. The van der Waals surface area contributed by atoms with Crippen molar-refractivity contribution in [3.8, 4) is 11.3 Å². The molecule has 1 amide bonds. The van der Waals surface area contributed by atoms with E-state index < -0.39 is 0 Å². The smallest absolute Gasteiger partial charge is 0.270 e. The molecule has 1 unspecified atom stereocenters. The van der Waals surface area contributed by atoms with E-state index in [9.17, 15) is 4.79 Å². The van der Waals surface area contributed by atoms with Crippen molar-refractivity contribution in [3.63, 3.8) is 0 Å². The molecule has 28 heavy (non-hydrogen) atoms. The van der Waals surface area contributed by atoms with Crippen molar-refractivity contribution in [3.05, 3.63) is 64.2 Å². The Morgan fingerprint density at radius 3 is 2.82 bits per heavy atom. The second kappa shape index (κ2) is 7.89. The van der Waals surface area contributed by atoms with Crippen LogP contribution in [0, 0.1) is 6.92 Å². The molecule has 1 aromatic carbocycles. The maximum Gasteiger partial charge on any atom is 0.270 e. The molecule has 146 valence electrons. The lowest BCUT2D eigenvalue weighted by Crippen LogP contribution is -2.36. The van der Waals surface area contributed by atoms with E-state index in [-0.39, 0.29) is 5.91 Å². The van der Waals surface area contributed by atoms with E-state index in [1.807, 2.05) is 47.1 Å². The Bertz CT molecular complexity index is 962. The van der Waals surface area contributed by atoms with Crippen molar-refractivity contribution in [2.45, 2.75) is 25.9 Å². The molecular formula is C22H26N4OS. The van der Waals surface area contributed by atoms with E-state index in [1.54, 1.807) is 11.3 Å². The van der Waals surface area contributed by atoms with Gasteiger partial charge in [0.15, 0.2) is 0 Å². The van der Waals surface area contributed by atoms with Crippen molar-refractivity contribution in [1.82, 2.24) is 19.4 Å². The molecule has 1 fully saturated rings. The fourth-order valence-corrected chi connectivity index (χ4v) is 4.48. The van der Waals surface area contributed by atoms with Crippen LogP contribution in [-0.2, 0) is 13.6 Å². The number of nitrogens with zero attached hydrogens (tertiary/aromatic N) is 4. The van der Waals surface area contributed by atoms with Crippen molar-refractivity contribution in [2.24, 2.45) is 7.05 Å². The van der Waals surface area contributed by atoms with E-state index in [0.29, 0.717) is 6.04 Å². The first-order valence-electron chi connectivity index (χ1n) is 9.63. The van der Waals surface area contributed by atoms with Gasteiger partial charge in [-0.3, -0.25) is 9.69 Å². The zero-order valence-electron chi connectivity index (χ0n) is 16.6. The number of aryl methyl sites for hydroxylation is 2. The highest BCUT2D eigenvalue weighted by Gasteiger charge is 2.30. The predicted molar refractivity (Wildman–Crippen MR) is 113 cm³/mol. The molecule has 1 saturated heterocycles. The van der Waals surface area contributed by atoms with Crippen molar-refractivity contribution in [2.75, 3.05) is 20.1 Å². The summed E-state index contributed by atoms with van der Waals surface area (Å²) in [6.07, 6.45) is 3.01.